The number of aromatic nitrogens is 6. The minimum absolute atomic E-state index is 0.537. The van der Waals surface area contributed by atoms with Gasteiger partial charge in [0.2, 0.25) is 5.95 Å². The molecule has 3 aromatic heterocycles. The van der Waals surface area contributed by atoms with Crippen LogP contribution < -0.4 is 4.90 Å². The molecule has 0 amide bonds. The van der Waals surface area contributed by atoms with E-state index in [-0.39, 0.29) is 0 Å². The molecular weight excluding hydrogens is 400 g/mol. The van der Waals surface area contributed by atoms with Gasteiger partial charge in [-0.05, 0) is 37.1 Å². The Morgan fingerprint density at radius 2 is 1.78 bits per heavy atom. The van der Waals surface area contributed by atoms with Crippen molar-refractivity contribution in [1.82, 2.24) is 34.6 Å². The molecule has 0 atom stereocenters. The van der Waals surface area contributed by atoms with Crippen LogP contribution >= 0.6 is 0 Å². The molecule has 160 valence electrons. The van der Waals surface area contributed by atoms with Crippen molar-refractivity contribution in [1.29, 1.82) is 0 Å². The van der Waals surface area contributed by atoms with Crippen LogP contribution in [0.2, 0.25) is 0 Å². The average molecular weight is 425 g/mol. The van der Waals surface area contributed by atoms with E-state index in [2.05, 4.69) is 48.7 Å². The Morgan fingerprint density at radius 1 is 0.938 bits per heavy atom. The van der Waals surface area contributed by atoms with Gasteiger partial charge in [0.1, 0.15) is 11.4 Å². The molecular formula is C24H24N8. The summed E-state index contributed by atoms with van der Waals surface area (Å²) in [6, 6.07) is 14.7. The number of para-hydroxylation sites is 1. The molecule has 0 bridgehead atoms. The second kappa shape index (κ2) is 9.12. The maximum atomic E-state index is 4.74. The third-order valence-electron chi connectivity index (χ3n) is 5.49. The average Bonchev–Trinajstić information content (AvgIpc) is 3.27. The first kappa shape index (κ1) is 20.1. The van der Waals surface area contributed by atoms with E-state index in [1.807, 2.05) is 30.3 Å². The predicted molar refractivity (Wildman–Crippen MR) is 124 cm³/mol. The molecule has 4 aromatic rings. The second-order valence-corrected chi connectivity index (χ2v) is 7.69. The highest BCUT2D eigenvalue weighted by Gasteiger charge is 2.19. The highest BCUT2D eigenvalue weighted by Crippen LogP contribution is 2.17. The van der Waals surface area contributed by atoms with Crippen molar-refractivity contribution in [3.05, 3.63) is 60.7 Å². The van der Waals surface area contributed by atoms with Gasteiger partial charge in [0.25, 0.3) is 0 Å². The lowest BCUT2D eigenvalue weighted by Gasteiger charge is -2.34. The molecule has 4 heterocycles. The molecule has 8 heteroatoms. The van der Waals surface area contributed by atoms with Gasteiger partial charge in [-0.1, -0.05) is 25.1 Å². The van der Waals surface area contributed by atoms with E-state index in [1.165, 1.54) is 6.42 Å². The quantitative estimate of drug-likeness (QED) is 0.466. The van der Waals surface area contributed by atoms with Gasteiger partial charge in [-0.3, -0.25) is 4.90 Å². The highest BCUT2D eigenvalue weighted by molar-refractivity contribution is 5.79. The normalized spacial score (nSPS) is 14.3. The molecule has 1 aliphatic heterocycles. The monoisotopic (exact) mass is 424 g/mol. The van der Waals surface area contributed by atoms with Crippen LogP contribution in [0.1, 0.15) is 19.0 Å². The van der Waals surface area contributed by atoms with Crippen molar-refractivity contribution in [2.45, 2.75) is 13.3 Å². The Labute approximate surface area is 187 Å². The Morgan fingerprint density at radius 3 is 2.66 bits per heavy atom. The zero-order valence-electron chi connectivity index (χ0n) is 18.0. The Hall–Kier alpha value is -3.83. The smallest absolute Gasteiger partial charge is 0.226 e. The Bertz CT molecular complexity index is 1280. The Kier molecular flexibility index (Phi) is 5.73. The van der Waals surface area contributed by atoms with Crippen LogP contribution in [0, 0.1) is 12.0 Å². The molecule has 0 saturated carbocycles. The largest absolute Gasteiger partial charge is 0.338 e. The Balaban J connectivity index is 1.36. The fraction of sp³-hybridized carbons (Fsp3) is 0.292. The summed E-state index contributed by atoms with van der Waals surface area (Å²) in [4.78, 5) is 22.9. The lowest BCUT2D eigenvalue weighted by atomic mass is 10.3. The summed E-state index contributed by atoms with van der Waals surface area (Å²) in [6.45, 7) is 7.27. The predicted octanol–water partition coefficient (Wildman–Crippen LogP) is 2.67. The van der Waals surface area contributed by atoms with E-state index in [4.69, 9.17) is 4.98 Å². The third-order valence-corrected chi connectivity index (χ3v) is 5.49. The maximum absolute atomic E-state index is 4.74. The molecule has 5 rings (SSSR count). The van der Waals surface area contributed by atoms with Crippen LogP contribution in [-0.4, -0.2) is 67.3 Å². The van der Waals surface area contributed by atoms with E-state index >= 15 is 0 Å². The van der Waals surface area contributed by atoms with E-state index < -0.39 is 0 Å². The van der Waals surface area contributed by atoms with Gasteiger partial charge in [-0.15, -0.1) is 0 Å². The summed E-state index contributed by atoms with van der Waals surface area (Å²) in [5.74, 6) is 4.35. The minimum Gasteiger partial charge on any atom is -0.338 e. The lowest BCUT2D eigenvalue weighted by molar-refractivity contribution is 0.257. The van der Waals surface area contributed by atoms with Crippen LogP contribution in [0.4, 0.5) is 5.95 Å². The molecule has 0 aliphatic carbocycles. The van der Waals surface area contributed by atoms with E-state index in [1.54, 1.807) is 29.3 Å². The summed E-state index contributed by atoms with van der Waals surface area (Å²) < 4.78 is 1.66. The summed E-state index contributed by atoms with van der Waals surface area (Å²) in [6.07, 6.45) is 6.46. The maximum Gasteiger partial charge on any atom is 0.226 e. The molecule has 0 unspecified atom stereocenters. The SMILES string of the molecule is CCCN1CCN(c2nccc(-c3nccc(C#Cn4ncc5ccccc54)n3)n2)CC1. The van der Waals surface area contributed by atoms with Crippen molar-refractivity contribution < 1.29 is 0 Å². The zero-order chi connectivity index (χ0) is 21.8. The number of hydrogen-bond acceptors (Lipinski definition) is 7. The topological polar surface area (TPSA) is 75.9 Å². The molecule has 32 heavy (non-hydrogen) atoms. The first-order valence-electron chi connectivity index (χ1n) is 10.9. The molecule has 1 fully saturated rings. The highest BCUT2D eigenvalue weighted by atomic mass is 15.3. The van der Waals surface area contributed by atoms with Gasteiger partial charge in [0.15, 0.2) is 5.82 Å². The number of anilines is 1. The van der Waals surface area contributed by atoms with Crippen molar-refractivity contribution in [2.75, 3.05) is 37.6 Å². The molecule has 0 radical (unpaired) electrons. The minimum atomic E-state index is 0.537. The number of benzene rings is 1. The standard InChI is InChI=1S/C24H24N8/c1-2-12-30-14-16-31(17-15-30)24-26-11-8-21(29-24)23-25-10-7-20(28-23)9-13-32-22-6-4-3-5-19(22)18-27-32/h3-8,10-11,18H,2,12,14-17H2,1H3. The summed E-state index contributed by atoms with van der Waals surface area (Å²) >= 11 is 0. The molecule has 8 nitrogen and oxygen atoms in total. The van der Waals surface area contributed by atoms with Crippen LogP contribution in [0.3, 0.4) is 0 Å². The lowest BCUT2D eigenvalue weighted by Crippen LogP contribution is -2.47. The molecule has 1 aromatic carbocycles. The van der Waals surface area contributed by atoms with Gasteiger partial charge in [0.05, 0.1) is 11.7 Å². The van der Waals surface area contributed by atoms with E-state index in [9.17, 15) is 0 Å². The van der Waals surface area contributed by atoms with Gasteiger partial charge in [0, 0.05) is 50.0 Å². The molecule has 1 aliphatic rings. The summed E-state index contributed by atoms with van der Waals surface area (Å²) in [5, 5.41) is 5.39. The first-order valence-corrected chi connectivity index (χ1v) is 10.9. The fourth-order valence-corrected chi connectivity index (χ4v) is 3.84. The zero-order valence-corrected chi connectivity index (χ0v) is 18.0. The molecule has 0 N–H and O–H groups in total. The first-order chi connectivity index (χ1) is 15.8. The van der Waals surface area contributed by atoms with Crippen LogP contribution in [0.15, 0.2) is 55.0 Å². The van der Waals surface area contributed by atoms with Gasteiger partial charge < -0.3 is 4.90 Å². The second-order valence-electron chi connectivity index (χ2n) is 7.69. The molecule has 0 spiro atoms. The van der Waals surface area contributed by atoms with Gasteiger partial charge in [-0.2, -0.15) is 9.78 Å². The van der Waals surface area contributed by atoms with E-state index in [0.717, 1.165) is 49.6 Å². The number of piperazine rings is 1. The summed E-state index contributed by atoms with van der Waals surface area (Å²) in [5.41, 5.74) is 2.27. The van der Waals surface area contributed by atoms with Gasteiger partial charge >= 0.3 is 0 Å². The number of fused-ring (bicyclic) bond motifs is 1. The summed E-state index contributed by atoms with van der Waals surface area (Å²) in [7, 11) is 0. The van der Waals surface area contributed by atoms with Crippen molar-refractivity contribution in [3.63, 3.8) is 0 Å². The molecule has 1 saturated heterocycles. The van der Waals surface area contributed by atoms with Crippen LogP contribution in [-0.2, 0) is 0 Å². The fourth-order valence-electron chi connectivity index (χ4n) is 3.84. The number of hydrogen-bond donors (Lipinski definition) is 0. The van der Waals surface area contributed by atoms with Crippen LogP contribution in [0.5, 0.6) is 0 Å². The third kappa shape index (κ3) is 4.29. The van der Waals surface area contributed by atoms with Gasteiger partial charge in [-0.25, -0.2) is 19.9 Å². The van der Waals surface area contributed by atoms with Crippen LogP contribution in [0.25, 0.3) is 22.4 Å². The number of nitrogens with zero attached hydrogens (tertiary/aromatic N) is 8. The van der Waals surface area contributed by atoms with Crippen molar-refractivity contribution >= 4 is 16.9 Å². The van der Waals surface area contributed by atoms with E-state index in [0.29, 0.717) is 17.2 Å². The van der Waals surface area contributed by atoms with Crippen molar-refractivity contribution in [3.8, 4) is 23.5 Å². The number of rotatable bonds is 4. The van der Waals surface area contributed by atoms with Crippen molar-refractivity contribution in [2.24, 2.45) is 0 Å².